The Morgan fingerprint density at radius 3 is 2.59 bits per heavy atom. The summed E-state index contributed by atoms with van der Waals surface area (Å²) in [7, 11) is 0. The molecular formula is C14H27NO2. The van der Waals surface area contributed by atoms with E-state index < -0.39 is 11.5 Å². The molecule has 0 aromatic rings. The first-order valence-electron chi connectivity index (χ1n) is 7.16. The monoisotopic (exact) mass is 241 g/mol. The van der Waals surface area contributed by atoms with Crippen molar-refractivity contribution in [3.63, 3.8) is 0 Å². The van der Waals surface area contributed by atoms with Gasteiger partial charge in [-0.3, -0.25) is 9.69 Å². The first-order valence-corrected chi connectivity index (χ1v) is 7.16. The second kappa shape index (κ2) is 7.00. The van der Waals surface area contributed by atoms with Crippen LogP contribution in [0.2, 0.25) is 0 Å². The van der Waals surface area contributed by atoms with Crippen LogP contribution in [0.15, 0.2) is 0 Å². The van der Waals surface area contributed by atoms with Crippen LogP contribution in [-0.2, 0) is 4.79 Å². The summed E-state index contributed by atoms with van der Waals surface area (Å²) in [4.78, 5) is 13.8. The van der Waals surface area contributed by atoms with E-state index >= 15 is 0 Å². The fourth-order valence-corrected chi connectivity index (χ4v) is 3.04. The Hall–Kier alpha value is -0.570. The Balaban J connectivity index is 2.53. The molecule has 0 spiro atoms. The molecule has 1 heterocycles. The summed E-state index contributed by atoms with van der Waals surface area (Å²) < 4.78 is 0. The molecule has 0 aromatic heterocycles. The molecule has 0 amide bonds. The lowest BCUT2D eigenvalue weighted by atomic mass is 9.90. The van der Waals surface area contributed by atoms with Crippen molar-refractivity contribution in [2.24, 2.45) is 0 Å². The average Bonchev–Trinajstić information content (AvgIpc) is 2.70. The molecule has 1 aliphatic heterocycles. The van der Waals surface area contributed by atoms with Gasteiger partial charge in [0.2, 0.25) is 0 Å². The number of hydrogen-bond acceptors (Lipinski definition) is 2. The molecular weight excluding hydrogens is 214 g/mol. The number of rotatable bonds is 8. The summed E-state index contributed by atoms with van der Waals surface area (Å²) in [6.07, 6.45) is 8.51. The van der Waals surface area contributed by atoms with Gasteiger partial charge in [-0.2, -0.15) is 0 Å². The number of nitrogens with zero attached hydrogens (tertiary/aromatic N) is 1. The van der Waals surface area contributed by atoms with Gasteiger partial charge in [0.1, 0.15) is 5.54 Å². The van der Waals surface area contributed by atoms with Crippen LogP contribution in [0, 0.1) is 0 Å². The molecule has 1 rings (SSSR count). The zero-order chi connectivity index (χ0) is 12.7. The Kier molecular flexibility index (Phi) is 5.96. The molecule has 0 saturated carbocycles. The fourth-order valence-electron chi connectivity index (χ4n) is 3.04. The van der Waals surface area contributed by atoms with E-state index in [0.29, 0.717) is 0 Å². The summed E-state index contributed by atoms with van der Waals surface area (Å²) in [5.41, 5.74) is -0.541. The Morgan fingerprint density at radius 1 is 1.24 bits per heavy atom. The van der Waals surface area contributed by atoms with Crippen molar-refractivity contribution in [3.05, 3.63) is 0 Å². The van der Waals surface area contributed by atoms with Gasteiger partial charge in [0, 0.05) is 0 Å². The number of carboxylic acids is 1. The van der Waals surface area contributed by atoms with E-state index in [4.69, 9.17) is 0 Å². The Labute approximate surface area is 105 Å². The lowest BCUT2D eigenvalue weighted by Gasteiger charge is -2.34. The van der Waals surface area contributed by atoms with Gasteiger partial charge in [0.15, 0.2) is 0 Å². The van der Waals surface area contributed by atoms with E-state index in [1.54, 1.807) is 0 Å². The molecule has 17 heavy (non-hydrogen) atoms. The third-order valence-corrected chi connectivity index (χ3v) is 3.97. The predicted octanol–water partition coefficient (Wildman–Crippen LogP) is 3.29. The van der Waals surface area contributed by atoms with Crippen LogP contribution in [0.5, 0.6) is 0 Å². The second-order valence-electron chi connectivity index (χ2n) is 5.24. The second-order valence-corrected chi connectivity index (χ2v) is 5.24. The maximum atomic E-state index is 11.6. The Bertz CT molecular complexity index is 242. The molecule has 0 radical (unpaired) electrons. The van der Waals surface area contributed by atoms with Crippen molar-refractivity contribution in [2.75, 3.05) is 13.1 Å². The van der Waals surface area contributed by atoms with Crippen molar-refractivity contribution in [1.29, 1.82) is 0 Å². The van der Waals surface area contributed by atoms with Crippen molar-refractivity contribution >= 4 is 5.97 Å². The van der Waals surface area contributed by atoms with Crippen LogP contribution in [0.3, 0.4) is 0 Å². The van der Waals surface area contributed by atoms with E-state index in [2.05, 4.69) is 18.7 Å². The number of hydrogen-bond donors (Lipinski definition) is 1. The third-order valence-electron chi connectivity index (χ3n) is 3.97. The fraction of sp³-hybridized carbons (Fsp3) is 0.929. The number of carbonyl (C=O) groups is 1. The van der Waals surface area contributed by atoms with E-state index in [9.17, 15) is 9.90 Å². The molecule has 1 unspecified atom stereocenters. The van der Waals surface area contributed by atoms with Gasteiger partial charge < -0.3 is 5.11 Å². The summed E-state index contributed by atoms with van der Waals surface area (Å²) in [6, 6.07) is 0. The van der Waals surface area contributed by atoms with Gasteiger partial charge in [-0.15, -0.1) is 0 Å². The van der Waals surface area contributed by atoms with E-state index in [1.807, 2.05) is 0 Å². The quantitative estimate of drug-likeness (QED) is 0.663. The van der Waals surface area contributed by atoms with Crippen LogP contribution in [0.1, 0.15) is 65.2 Å². The van der Waals surface area contributed by atoms with Gasteiger partial charge in [-0.05, 0) is 38.8 Å². The maximum Gasteiger partial charge on any atom is 0.324 e. The minimum atomic E-state index is -0.604. The molecule has 1 aliphatic rings. The van der Waals surface area contributed by atoms with E-state index in [1.165, 1.54) is 19.3 Å². The highest BCUT2D eigenvalue weighted by molar-refractivity contribution is 5.79. The highest BCUT2D eigenvalue weighted by Crippen LogP contribution is 2.34. The van der Waals surface area contributed by atoms with Crippen molar-refractivity contribution in [2.45, 2.75) is 70.8 Å². The lowest BCUT2D eigenvalue weighted by Crippen LogP contribution is -2.50. The maximum absolute atomic E-state index is 11.6. The number of likely N-dealkylation sites (tertiary alicyclic amines) is 1. The SMILES string of the molecule is CCCCCCN1CCCC1(CCC)C(=O)O. The van der Waals surface area contributed by atoms with Crippen LogP contribution in [0.4, 0.5) is 0 Å². The molecule has 0 bridgehead atoms. The number of aliphatic carboxylic acids is 1. The zero-order valence-electron chi connectivity index (χ0n) is 11.4. The van der Waals surface area contributed by atoms with Crippen molar-refractivity contribution in [1.82, 2.24) is 4.90 Å². The minimum absolute atomic E-state index is 0.541. The highest BCUT2D eigenvalue weighted by atomic mass is 16.4. The van der Waals surface area contributed by atoms with E-state index in [-0.39, 0.29) is 0 Å². The normalized spacial score (nSPS) is 25.3. The van der Waals surface area contributed by atoms with Crippen LogP contribution >= 0.6 is 0 Å². The first kappa shape index (κ1) is 14.5. The average molecular weight is 241 g/mol. The van der Waals surface area contributed by atoms with Crippen molar-refractivity contribution < 1.29 is 9.90 Å². The topological polar surface area (TPSA) is 40.5 Å². The molecule has 0 aliphatic carbocycles. The van der Waals surface area contributed by atoms with Gasteiger partial charge in [-0.1, -0.05) is 39.5 Å². The van der Waals surface area contributed by atoms with E-state index in [0.717, 1.165) is 45.2 Å². The van der Waals surface area contributed by atoms with Gasteiger partial charge in [0.25, 0.3) is 0 Å². The molecule has 1 fully saturated rings. The summed E-state index contributed by atoms with van der Waals surface area (Å²) in [5.74, 6) is -0.604. The molecule has 3 heteroatoms. The Morgan fingerprint density at radius 2 is 2.00 bits per heavy atom. The highest BCUT2D eigenvalue weighted by Gasteiger charge is 2.46. The number of carboxylic acid groups (broad SMARTS) is 1. The lowest BCUT2D eigenvalue weighted by molar-refractivity contribution is -0.150. The minimum Gasteiger partial charge on any atom is -0.480 e. The first-order chi connectivity index (χ1) is 8.17. The van der Waals surface area contributed by atoms with Crippen LogP contribution < -0.4 is 0 Å². The molecule has 1 saturated heterocycles. The molecule has 3 nitrogen and oxygen atoms in total. The molecule has 1 N–H and O–H groups in total. The van der Waals surface area contributed by atoms with Gasteiger partial charge in [0.05, 0.1) is 0 Å². The smallest absolute Gasteiger partial charge is 0.324 e. The molecule has 0 aromatic carbocycles. The van der Waals surface area contributed by atoms with Crippen LogP contribution in [0.25, 0.3) is 0 Å². The van der Waals surface area contributed by atoms with Gasteiger partial charge >= 0.3 is 5.97 Å². The zero-order valence-corrected chi connectivity index (χ0v) is 11.4. The van der Waals surface area contributed by atoms with Crippen LogP contribution in [-0.4, -0.2) is 34.6 Å². The molecule has 1 atom stereocenters. The van der Waals surface area contributed by atoms with Crippen molar-refractivity contribution in [3.8, 4) is 0 Å². The van der Waals surface area contributed by atoms with Gasteiger partial charge in [-0.25, -0.2) is 0 Å². The summed E-state index contributed by atoms with van der Waals surface area (Å²) in [6.45, 7) is 6.22. The standard InChI is InChI=1S/C14H27NO2/c1-3-5-6-7-11-15-12-8-10-14(15,9-4-2)13(16)17/h3-12H2,1-2H3,(H,16,17). The number of unbranched alkanes of at least 4 members (excludes halogenated alkanes) is 3. The molecule has 100 valence electrons. The largest absolute Gasteiger partial charge is 0.480 e. The predicted molar refractivity (Wildman–Crippen MR) is 70.2 cm³/mol. The summed E-state index contributed by atoms with van der Waals surface area (Å²) >= 11 is 0. The summed E-state index contributed by atoms with van der Waals surface area (Å²) in [5, 5.41) is 9.53. The third kappa shape index (κ3) is 3.44.